The lowest BCUT2D eigenvalue weighted by molar-refractivity contribution is 0.917. The van der Waals surface area contributed by atoms with Crippen molar-refractivity contribution in [2.45, 2.75) is 12.8 Å². The summed E-state index contributed by atoms with van der Waals surface area (Å²) < 4.78 is 2.05. The molecule has 4 nitrogen and oxygen atoms in total. The molecule has 102 valence electrons. The van der Waals surface area contributed by atoms with E-state index < -0.39 is 0 Å². The standard InChI is InChI=1S/C16H18N4/c1-20-10-13(7-8-17)15-14(18-11-19-16(15)20)9-12-5-3-2-4-6-12/h2-6,10-11H,7-9,17H2,1H3. The summed E-state index contributed by atoms with van der Waals surface area (Å²) in [6, 6.07) is 10.4. The number of fused-ring (bicyclic) bond motifs is 1. The van der Waals surface area contributed by atoms with Crippen LogP contribution in [0.3, 0.4) is 0 Å². The SMILES string of the molecule is Cn1cc(CCN)c2c(Cc3ccccc3)ncnc21. The van der Waals surface area contributed by atoms with Gasteiger partial charge in [-0.3, -0.25) is 0 Å². The molecular formula is C16H18N4. The molecule has 2 aromatic heterocycles. The van der Waals surface area contributed by atoms with Gasteiger partial charge >= 0.3 is 0 Å². The lowest BCUT2D eigenvalue weighted by atomic mass is 10.0. The van der Waals surface area contributed by atoms with Crippen LogP contribution in [0.4, 0.5) is 0 Å². The summed E-state index contributed by atoms with van der Waals surface area (Å²) in [5.74, 6) is 0. The van der Waals surface area contributed by atoms with Gasteiger partial charge in [0, 0.05) is 25.1 Å². The first-order valence-electron chi connectivity index (χ1n) is 6.81. The normalized spacial score (nSPS) is 11.1. The van der Waals surface area contributed by atoms with Gasteiger partial charge in [-0.05, 0) is 24.1 Å². The molecule has 0 radical (unpaired) electrons. The molecule has 1 aromatic carbocycles. The molecule has 0 aliphatic rings. The van der Waals surface area contributed by atoms with Gasteiger partial charge in [-0.15, -0.1) is 0 Å². The molecule has 2 heterocycles. The number of aromatic nitrogens is 3. The predicted octanol–water partition coefficient (Wildman–Crippen LogP) is 2.06. The van der Waals surface area contributed by atoms with E-state index in [2.05, 4.69) is 45.0 Å². The van der Waals surface area contributed by atoms with Crippen molar-refractivity contribution in [3.63, 3.8) is 0 Å². The number of nitrogens with two attached hydrogens (primary N) is 1. The number of rotatable bonds is 4. The third-order valence-corrected chi connectivity index (χ3v) is 3.54. The lowest BCUT2D eigenvalue weighted by Crippen LogP contribution is -2.03. The minimum absolute atomic E-state index is 0.638. The van der Waals surface area contributed by atoms with Crippen molar-refractivity contribution in [3.8, 4) is 0 Å². The molecular weight excluding hydrogens is 248 g/mol. The monoisotopic (exact) mass is 266 g/mol. The highest BCUT2D eigenvalue weighted by Crippen LogP contribution is 2.23. The van der Waals surface area contributed by atoms with E-state index in [0.29, 0.717) is 6.54 Å². The molecule has 0 spiro atoms. The minimum Gasteiger partial charge on any atom is -0.335 e. The van der Waals surface area contributed by atoms with Crippen LogP contribution in [0.1, 0.15) is 16.8 Å². The van der Waals surface area contributed by atoms with Crippen molar-refractivity contribution < 1.29 is 0 Å². The highest BCUT2D eigenvalue weighted by atomic mass is 15.0. The number of aryl methyl sites for hydroxylation is 1. The zero-order chi connectivity index (χ0) is 13.9. The van der Waals surface area contributed by atoms with E-state index in [-0.39, 0.29) is 0 Å². The molecule has 0 aliphatic carbocycles. The van der Waals surface area contributed by atoms with E-state index in [1.54, 1.807) is 6.33 Å². The van der Waals surface area contributed by atoms with Crippen molar-refractivity contribution in [2.24, 2.45) is 12.8 Å². The number of hydrogen-bond donors (Lipinski definition) is 1. The van der Waals surface area contributed by atoms with Crippen molar-refractivity contribution in [2.75, 3.05) is 6.54 Å². The molecule has 0 fully saturated rings. The zero-order valence-electron chi connectivity index (χ0n) is 11.6. The summed E-state index contributed by atoms with van der Waals surface area (Å²) in [5.41, 5.74) is 10.3. The van der Waals surface area contributed by atoms with Crippen LogP contribution in [-0.2, 0) is 19.9 Å². The molecule has 3 aromatic rings. The maximum Gasteiger partial charge on any atom is 0.143 e. The smallest absolute Gasteiger partial charge is 0.143 e. The Morgan fingerprint density at radius 3 is 2.70 bits per heavy atom. The molecule has 0 amide bonds. The van der Waals surface area contributed by atoms with E-state index in [4.69, 9.17) is 5.73 Å². The second-order valence-corrected chi connectivity index (χ2v) is 4.99. The van der Waals surface area contributed by atoms with Crippen LogP contribution in [0.2, 0.25) is 0 Å². The van der Waals surface area contributed by atoms with Crippen LogP contribution < -0.4 is 5.73 Å². The van der Waals surface area contributed by atoms with Crippen molar-refractivity contribution >= 4 is 11.0 Å². The zero-order valence-corrected chi connectivity index (χ0v) is 11.6. The molecule has 0 saturated carbocycles. The molecule has 0 bridgehead atoms. The van der Waals surface area contributed by atoms with Crippen LogP contribution in [0.15, 0.2) is 42.9 Å². The summed E-state index contributed by atoms with van der Waals surface area (Å²) >= 11 is 0. The minimum atomic E-state index is 0.638. The van der Waals surface area contributed by atoms with Gasteiger partial charge in [0.25, 0.3) is 0 Å². The predicted molar refractivity (Wildman–Crippen MR) is 80.5 cm³/mol. The van der Waals surface area contributed by atoms with Crippen molar-refractivity contribution in [1.29, 1.82) is 0 Å². The molecule has 2 N–H and O–H groups in total. The molecule has 0 atom stereocenters. The maximum atomic E-state index is 5.71. The Morgan fingerprint density at radius 1 is 1.15 bits per heavy atom. The fourth-order valence-electron chi connectivity index (χ4n) is 2.64. The highest BCUT2D eigenvalue weighted by molar-refractivity contribution is 5.83. The average molecular weight is 266 g/mol. The Hall–Kier alpha value is -2.20. The summed E-state index contributed by atoms with van der Waals surface area (Å²) in [4.78, 5) is 8.89. The summed E-state index contributed by atoms with van der Waals surface area (Å²) in [6.07, 6.45) is 5.43. The Kier molecular flexibility index (Phi) is 3.48. The fourth-order valence-corrected chi connectivity index (χ4v) is 2.64. The van der Waals surface area contributed by atoms with Gasteiger partial charge in [0.15, 0.2) is 0 Å². The second-order valence-electron chi connectivity index (χ2n) is 4.99. The van der Waals surface area contributed by atoms with Crippen molar-refractivity contribution in [3.05, 3.63) is 59.7 Å². The summed E-state index contributed by atoms with van der Waals surface area (Å²) in [7, 11) is 2.02. The second kappa shape index (κ2) is 5.43. The molecule has 0 aliphatic heterocycles. The van der Waals surface area contributed by atoms with Gasteiger partial charge in [0.2, 0.25) is 0 Å². The van der Waals surface area contributed by atoms with Gasteiger partial charge in [-0.25, -0.2) is 9.97 Å². The first kappa shape index (κ1) is 12.8. The van der Waals surface area contributed by atoms with Crippen LogP contribution >= 0.6 is 0 Å². The molecule has 4 heteroatoms. The molecule has 20 heavy (non-hydrogen) atoms. The first-order chi connectivity index (χ1) is 9.79. The maximum absolute atomic E-state index is 5.71. The van der Waals surface area contributed by atoms with Gasteiger partial charge in [0.05, 0.1) is 5.69 Å². The van der Waals surface area contributed by atoms with Crippen LogP contribution in [0, 0.1) is 0 Å². The third kappa shape index (κ3) is 2.30. The number of hydrogen-bond acceptors (Lipinski definition) is 3. The molecule has 0 unspecified atom stereocenters. The quantitative estimate of drug-likeness (QED) is 0.786. The average Bonchev–Trinajstić information content (AvgIpc) is 2.78. The van der Waals surface area contributed by atoms with E-state index >= 15 is 0 Å². The molecule has 3 rings (SSSR count). The topological polar surface area (TPSA) is 56.7 Å². The van der Waals surface area contributed by atoms with Crippen LogP contribution in [-0.4, -0.2) is 21.1 Å². The number of benzene rings is 1. The highest BCUT2D eigenvalue weighted by Gasteiger charge is 2.13. The van der Waals surface area contributed by atoms with Gasteiger partial charge < -0.3 is 10.3 Å². The van der Waals surface area contributed by atoms with E-state index in [1.807, 2.05) is 13.1 Å². The van der Waals surface area contributed by atoms with E-state index in [0.717, 1.165) is 29.6 Å². The third-order valence-electron chi connectivity index (χ3n) is 3.54. The summed E-state index contributed by atoms with van der Waals surface area (Å²) in [5, 5.41) is 1.16. The lowest BCUT2D eigenvalue weighted by Gasteiger charge is -2.05. The largest absolute Gasteiger partial charge is 0.335 e. The Balaban J connectivity index is 2.10. The van der Waals surface area contributed by atoms with Crippen LogP contribution in [0.25, 0.3) is 11.0 Å². The first-order valence-corrected chi connectivity index (χ1v) is 6.81. The van der Waals surface area contributed by atoms with Gasteiger partial charge in [-0.1, -0.05) is 30.3 Å². The Bertz CT molecular complexity index is 716. The Morgan fingerprint density at radius 2 is 1.95 bits per heavy atom. The van der Waals surface area contributed by atoms with E-state index in [9.17, 15) is 0 Å². The summed E-state index contributed by atoms with van der Waals surface area (Å²) in [6.45, 7) is 0.638. The van der Waals surface area contributed by atoms with Crippen molar-refractivity contribution in [1.82, 2.24) is 14.5 Å². The van der Waals surface area contributed by atoms with Gasteiger partial charge in [-0.2, -0.15) is 0 Å². The van der Waals surface area contributed by atoms with E-state index in [1.165, 1.54) is 11.1 Å². The number of nitrogens with zero attached hydrogens (tertiary/aromatic N) is 3. The fraction of sp³-hybridized carbons (Fsp3) is 0.250. The van der Waals surface area contributed by atoms with Gasteiger partial charge in [0.1, 0.15) is 12.0 Å². The van der Waals surface area contributed by atoms with Crippen LogP contribution in [0.5, 0.6) is 0 Å². The Labute approximate surface area is 118 Å². The molecule has 0 saturated heterocycles.